The summed E-state index contributed by atoms with van der Waals surface area (Å²) in [6, 6.07) is 0. The van der Waals surface area contributed by atoms with Crippen LogP contribution in [0.4, 0.5) is 0 Å². The molecule has 3 rings (SSSR count). The first-order chi connectivity index (χ1) is 9.63. The topological polar surface area (TPSA) is 102 Å². The largest absolute Gasteiger partial charge is 0.366 e. The zero-order valence-electron chi connectivity index (χ0n) is 10.7. The van der Waals surface area contributed by atoms with E-state index in [1.165, 1.54) is 6.08 Å². The van der Waals surface area contributed by atoms with Gasteiger partial charge in [-0.25, -0.2) is 9.97 Å². The van der Waals surface area contributed by atoms with Crippen molar-refractivity contribution in [2.24, 2.45) is 12.8 Å². The number of nitrogens with one attached hydrogen (secondary N) is 1. The Morgan fingerprint density at radius 1 is 1.45 bits per heavy atom. The Morgan fingerprint density at radius 2 is 2.30 bits per heavy atom. The first-order valence-electron chi connectivity index (χ1n) is 5.94. The van der Waals surface area contributed by atoms with Crippen LogP contribution in [0, 0.1) is 0 Å². The Balaban J connectivity index is 2.09. The monoisotopic (exact) mass is 268 g/mol. The molecule has 0 aliphatic rings. The molecule has 100 valence electrons. The fourth-order valence-corrected chi connectivity index (χ4v) is 1.90. The molecule has 3 N–H and O–H groups in total. The van der Waals surface area contributed by atoms with Gasteiger partial charge < -0.3 is 10.7 Å². The third-order valence-corrected chi connectivity index (χ3v) is 2.84. The lowest BCUT2D eigenvalue weighted by atomic mass is 10.2. The summed E-state index contributed by atoms with van der Waals surface area (Å²) in [5.74, 6) is -0.504. The number of amides is 1. The number of nitrogens with two attached hydrogens (primary N) is 1. The Hall–Kier alpha value is -2.96. The molecule has 1 amide bonds. The van der Waals surface area contributed by atoms with Gasteiger partial charge in [-0.15, -0.1) is 0 Å². The quantitative estimate of drug-likeness (QED) is 0.687. The van der Waals surface area contributed by atoms with Crippen molar-refractivity contribution in [2.75, 3.05) is 0 Å². The van der Waals surface area contributed by atoms with Crippen molar-refractivity contribution in [3.63, 3.8) is 0 Å². The summed E-state index contributed by atoms with van der Waals surface area (Å²) in [5, 5.41) is 4.11. The molecule has 3 aromatic rings. The van der Waals surface area contributed by atoms with E-state index in [4.69, 9.17) is 5.73 Å². The second-order valence-corrected chi connectivity index (χ2v) is 4.33. The number of carbonyl (C=O) groups is 1. The molecular formula is C13H12N6O. The second-order valence-electron chi connectivity index (χ2n) is 4.33. The Morgan fingerprint density at radius 3 is 3.00 bits per heavy atom. The third-order valence-electron chi connectivity index (χ3n) is 2.84. The highest BCUT2D eigenvalue weighted by Gasteiger charge is 2.08. The number of hydrogen-bond acceptors (Lipinski definition) is 4. The van der Waals surface area contributed by atoms with Crippen LogP contribution in [0.15, 0.2) is 30.9 Å². The van der Waals surface area contributed by atoms with Gasteiger partial charge in [-0.2, -0.15) is 5.10 Å². The van der Waals surface area contributed by atoms with Crippen LogP contribution < -0.4 is 5.73 Å². The number of fused-ring (bicyclic) bond motifs is 1. The van der Waals surface area contributed by atoms with E-state index in [9.17, 15) is 4.79 Å². The molecule has 0 radical (unpaired) electrons. The van der Waals surface area contributed by atoms with Gasteiger partial charge in [0.2, 0.25) is 5.91 Å². The molecule has 0 unspecified atom stereocenters. The first-order valence-corrected chi connectivity index (χ1v) is 5.94. The van der Waals surface area contributed by atoms with E-state index in [-0.39, 0.29) is 0 Å². The van der Waals surface area contributed by atoms with E-state index >= 15 is 0 Å². The van der Waals surface area contributed by atoms with Crippen LogP contribution >= 0.6 is 0 Å². The highest BCUT2D eigenvalue weighted by Crippen LogP contribution is 2.21. The van der Waals surface area contributed by atoms with Gasteiger partial charge in [-0.3, -0.25) is 9.48 Å². The van der Waals surface area contributed by atoms with Gasteiger partial charge in [-0.1, -0.05) is 0 Å². The van der Waals surface area contributed by atoms with Crippen LogP contribution in [-0.4, -0.2) is 30.6 Å². The number of primary amides is 1. The van der Waals surface area contributed by atoms with Crippen LogP contribution in [0.1, 0.15) is 5.56 Å². The molecule has 0 saturated heterocycles. The SMILES string of the molecule is Cn1cc(-c2cnc3[nH]cc(C=CC(N)=O)c3n2)cn1. The standard InChI is InChI=1S/C13H12N6O/c1-19-7-9(5-17-19)10-6-16-13-12(18-10)8(4-15-13)2-3-11(14)20/h2-7H,1H3,(H2,14,20)(H,15,16). The lowest BCUT2D eigenvalue weighted by molar-refractivity contribution is -0.113. The number of nitrogens with zero attached hydrogens (tertiary/aromatic N) is 4. The molecule has 0 saturated carbocycles. The number of H-pyrrole nitrogens is 1. The predicted molar refractivity (Wildman–Crippen MR) is 74.3 cm³/mol. The Labute approximate surface area is 114 Å². The zero-order chi connectivity index (χ0) is 14.1. The molecule has 0 aliphatic heterocycles. The van der Waals surface area contributed by atoms with E-state index in [1.54, 1.807) is 29.3 Å². The summed E-state index contributed by atoms with van der Waals surface area (Å²) in [4.78, 5) is 22.7. The molecule has 0 spiro atoms. The molecule has 7 heteroatoms. The van der Waals surface area contributed by atoms with E-state index in [2.05, 4.69) is 20.1 Å². The number of hydrogen-bond donors (Lipinski definition) is 2. The van der Waals surface area contributed by atoms with Gasteiger partial charge in [0.1, 0.15) is 5.52 Å². The van der Waals surface area contributed by atoms with Crippen molar-refractivity contribution in [2.45, 2.75) is 0 Å². The fourth-order valence-electron chi connectivity index (χ4n) is 1.90. The molecule has 0 fully saturated rings. The Bertz CT molecular complexity index is 813. The summed E-state index contributed by atoms with van der Waals surface area (Å²) < 4.78 is 1.70. The van der Waals surface area contributed by atoms with Crippen molar-refractivity contribution in [1.29, 1.82) is 0 Å². The normalized spacial score (nSPS) is 11.4. The third kappa shape index (κ3) is 2.16. The van der Waals surface area contributed by atoms with Gasteiger partial charge in [0, 0.05) is 36.6 Å². The smallest absolute Gasteiger partial charge is 0.241 e. The molecule has 3 heterocycles. The number of aromatic amines is 1. The maximum Gasteiger partial charge on any atom is 0.241 e. The number of aryl methyl sites for hydroxylation is 1. The first kappa shape index (κ1) is 12.1. The fraction of sp³-hybridized carbons (Fsp3) is 0.0769. The molecule has 3 aromatic heterocycles. The average molecular weight is 268 g/mol. The summed E-state index contributed by atoms with van der Waals surface area (Å²) in [5.41, 5.74) is 8.80. The number of rotatable bonds is 3. The molecule has 0 bridgehead atoms. The van der Waals surface area contributed by atoms with Gasteiger partial charge in [0.15, 0.2) is 5.65 Å². The average Bonchev–Trinajstić information content (AvgIpc) is 3.02. The minimum absolute atomic E-state index is 0.504. The maximum absolute atomic E-state index is 10.8. The lowest BCUT2D eigenvalue weighted by Crippen LogP contribution is -2.05. The minimum atomic E-state index is -0.504. The highest BCUT2D eigenvalue weighted by atomic mass is 16.1. The maximum atomic E-state index is 10.8. The number of aromatic nitrogens is 5. The van der Waals surface area contributed by atoms with Crippen LogP contribution in [0.5, 0.6) is 0 Å². The summed E-state index contributed by atoms with van der Waals surface area (Å²) >= 11 is 0. The van der Waals surface area contributed by atoms with Crippen molar-refractivity contribution in [3.05, 3.63) is 36.4 Å². The molecule has 0 atom stereocenters. The van der Waals surface area contributed by atoms with Crippen molar-refractivity contribution < 1.29 is 4.79 Å². The molecule has 0 aromatic carbocycles. The van der Waals surface area contributed by atoms with E-state index < -0.39 is 5.91 Å². The summed E-state index contributed by atoms with van der Waals surface area (Å²) in [6.45, 7) is 0. The van der Waals surface area contributed by atoms with E-state index in [1.807, 2.05) is 13.2 Å². The minimum Gasteiger partial charge on any atom is -0.366 e. The molecule has 0 aliphatic carbocycles. The van der Waals surface area contributed by atoms with E-state index in [0.29, 0.717) is 11.2 Å². The van der Waals surface area contributed by atoms with Crippen LogP contribution in [-0.2, 0) is 11.8 Å². The van der Waals surface area contributed by atoms with Gasteiger partial charge in [-0.05, 0) is 6.08 Å². The van der Waals surface area contributed by atoms with Crippen molar-refractivity contribution >= 4 is 23.1 Å². The molecule has 7 nitrogen and oxygen atoms in total. The van der Waals surface area contributed by atoms with Gasteiger partial charge in [0.05, 0.1) is 18.1 Å². The Kier molecular flexibility index (Phi) is 2.79. The van der Waals surface area contributed by atoms with Crippen LogP contribution in [0.25, 0.3) is 28.5 Å². The highest BCUT2D eigenvalue weighted by molar-refractivity contribution is 5.93. The van der Waals surface area contributed by atoms with Crippen molar-refractivity contribution in [3.8, 4) is 11.3 Å². The van der Waals surface area contributed by atoms with Crippen molar-refractivity contribution in [1.82, 2.24) is 24.7 Å². The predicted octanol–water partition coefficient (Wildman–Crippen LogP) is 0.857. The van der Waals surface area contributed by atoms with Crippen LogP contribution in [0.3, 0.4) is 0 Å². The number of carbonyl (C=O) groups excluding carboxylic acids is 1. The van der Waals surface area contributed by atoms with Gasteiger partial charge >= 0.3 is 0 Å². The molecule has 20 heavy (non-hydrogen) atoms. The summed E-state index contributed by atoms with van der Waals surface area (Å²) in [7, 11) is 1.84. The van der Waals surface area contributed by atoms with E-state index in [0.717, 1.165) is 16.8 Å². The lowest BCUT2D eigenvalue weighted by Gasteiger charge is -1.97. The second kappa shape index (κ2) is 4.61. The zero-order valence-corrected chi connectivity index (χ0v) is 10.7. The summed E-state index contributed by atoms with van der Waals surface area (Å²) in [6.07, 6.45) is 9.90. The van der Waals surface area contributed by atoms with Crippen LogP contribution in [0.2, 0.25) is 0 Å². The molecular weight excluding hydrogens is 256 g/mol. The van der Waals surface area contributed by atoms with Gasteiger partial charge in [0.25, 0.3) is 0 Å².